The Morgan fingerprint density at radius 1 is 1.08 bits per heavy atom. The molecular weight excluding hydrogens is 372 g/mol. The molecule has 0 radical (unpaired) electrons. The minimum Gasteiger partial charge on any atom is -0.452 e. The molecule has 2 aliphatic heterocycles. The van der Waals surface area contributed by atoms with Crippen molar-refractivity contribution >= 4 is 40.6 Å². The van der Waals surface area contributed by atoms with E-state index in [0.717, 1.165) is 68.0 Å². The predicted molar refractivity (Wildman–Crippen MR) is 102 cm³/mol. The van der Waals surface area contributed by atoms with Gasteiger partial charge in [-0.1, -0.05) is 30.3 Å². The Hall–Kier alpha value is -1.35. The van der Waals surface area contributed by atoms with Crippen molar-refractivity contribution in [3.63, 3.8) is 0 Å². The number of rotatable bonds is 6. The van der Waals surface area contributed by atoms with Gasteiger partial charge in [-0.25, -0.2) is 13.4 Å². The summed E-state index contributed by atoms with van der Waals surface area (Å²) in [6.07, 6.45) is 4.24. The molecule has 140 valence electrons. The smallest absolute Gasteiger partial charge is 0.383 e. The molecule has 1 aromatic carbocycles. The molecule has 2 fully saturated rings. The van der Waals surface area contributed by atoms with Gasteiger partial charge in [-0.2, -0.15) is 0 Å². The summed E-state index contributed by atoms with van der Waals surface area (Å²) in [5, 5.41) is -0.398. The van der Waals surface area contributed by atoms with Gasteiger partial charge in [-0.15, -0.1) is 0 Å². The highest BCUT2D eigenvalue weighted by molar-refractivity contribution is 8.12. The lowest BCUT2D eigenvalue weighted by molar-refractivity contribution is -0.113. The van der Waals surface area contributed by atoms with Crippen LogP contribution in [0.5, 0.6) is 0 Å². The van der Waals surface area contributed by atoms with Crippen molar-refractivity contribution in [2.75, 3.05) is 13.1 Å². The number of ether oxygens (including phenoxy) is 1. The summed E-state index contributed by atoms with van der Waals surface area (Å²) in [5.41, 5.74) is 0.931. The largest absolute Gasteiger partial charge is 0.452 e. The van der Waals surface area contributed by atoms with Gasteiger partial charge in [-0.05, 0) is 43.2 Å². The van der Waals surface area contributed by atoms with Crippen LogP contribution in [0, 0.1) is 0 Å². The SMILES string of the molecule is O=C[C@@H]1CCCN1SC(=O)[C@@H]1CCCN1SC(=O)OCc1ccccc1. The van der Waals surface area contributed by atoms with Gasteiger partial charge in [0.05, 0.1) is 12.1 Å². The predicted octanol–water partition coefficient (Wildman–Crippen LogP) is 3.27. The molecular formula is C18H22N2O4S2. The van der Waals surface area contributed by atoms with Crippen molar-refractivity contribution in [1.82, 2.24) is 8.61 Å². The second kappa shape index (κ2) is 9.55. The van der Waals surface area contributed by atoms with Crippen LogP contribution in [0.4, 0.5) is 4.79 Å². The van der Waals surface area contributed by atoms with E-state index >= 15 is 0 Å². The van der Waals surface area contributed by atoms with E-state index in [-0.39, 0.29) is 23.8 Å². The quantitative estimate of drug-likeness (QED) is 0.414. The van der Waals surface area contributed by atoms with Crippen molar-refractivity contribution in [2.45, 2.75) is 44.4 Å². The second-order valence-electron chi connectivity index (χ2n) is 6.31. The first-order valence-electron chi connectivity index (χ1n) is 8.76. The van der Waals surface area contributed by atoms with E-state index in [2.05, 4.69) is 0 Å². The van der Waals surface area contributed by atoms with E-state index in [4.69, 9.17) is 4.74 Å². The molecule has 2 atom stereocenters. The van der Waals surface area contributed by atoms with Crippen LogP contribution in [0.1, 0.15) is 31.2 Å². The van der Waals surface area contributed by atoms with Crippen molar-refractivity contribution < 1.29 is 19.1 Å². The molecule has 3 rings (SSSR count). The fourth-order valence-corrected chi connectivity index (χ4v) is 5.14. The van der Waals surface area contributed by atoms with Crippen LogP contribution < -0.4 is 0 Å². The topological polar surface area (TPSA) is 66.9 Å². The minimum atomic E-state index is -0.398. The van der Waals surface area contributed by atoms with E-state index in [1.165, 1.54) is 0 Å². The van der Waals surface area contributed by atoms with Crippen LogP contribution in [0.15, 0.2) is 30.3 Å². The summed E-state index contributed by atoms with van der Waals surface area (Å²) in [6, 6.07) is 9.01. The van der Waals surface area contributed by atoms with Crippen LogP contribution in [-0.4, -0.2) is 50.5 Å². The van der Waals surface area contributed by atoms with Crippen LogP contribution in [-0.2, 0) is 20.9 Å². The van der Waals surface area contributed by atoms with Gasteiger partial charge < -0.3 is 9.53 Å². The summed E-state index contributed by atoms with van der Waals surface area (Å²) in [4.78, 5) is 35.8. The molecule has 0 bridgehead atoms. The van der Waals surface area contributed by atoms with Gasteiger partial charge >= 0.3 is 5.30 Å². The van der Waals surface area contributed by atoms with E-state index < -0.39 is 5.30 Å². The van der Waals surface area contributed by atoms with Crippen molar-refractivity contribution in [1.29, 1.82) is 0 Å². The van der Waals surface area contributed by atoms with Crippen molar-refractivity contribution in [3.8, 4) is 0 Å². The maximum absolute atomic E-state index is 12.6. The Kier molecular flexibility index (Phi) is 7.13. The number of nitrogens with zero attached hydrogens (tertiary/aromatic N) is 2. The lowest BCUT2D eigenvalue weighted by Crippen LogP contribution is -2.34. The molecule has 0 aromatic heterocycles. The Morgan fingerprint density at radius 3 is 2.58 bits per heavy atom. The standard InChI is InChI=1S/C18H22N2O4S2/c21-12-15-8-4-10-19(15)25-17(22)16-9-5-11-20(16)26-18(23)24-13-14-6-2-1-3-7-14/h1-3,6-7,12,15-16H,4-5,8-11,13H2/t15-,16-/m0/s1. The molecule has 2 heterocycles. The summed E-state index contributed by atoms with van der Waals surface area (Å²) in [5.74, 6) is 0. The van der Waals surface area contributed by atoms with Gasteiger partial charge in [0.25, 0.3) is 0 Å². The van der Waals surface area contributed by atoms with E-state index in [1.807, 2.05) is 38.9 Å². The third-order valence-corrected chi connectivity index (χ3v) is 6.56. The van der Waals surface area contributed by atoms with Crippen molar-refractivity contribution in [3.05, 3.63) is 35.9 Å². The van der Waals surface area contributed by atoms with Gasteiger partial charge in [-0.3, -0.25) is 4.79 Å². The average Bonchev–Trinajstić information content (AvgIpc) is 3.30. The zero-order chi connectivity index (χ0) is 18.4. The lowest BCUT2D eigenvalue weighted by atomic mass is 10.2. The fraction of sp³-hybridized carbons (Fsp3) is 0.500. The Bertz CT molecular complexity index is 643. The highest BCUT2D eigenvalue weighted by atomic mass is 32.2. The normalized spacial score (nSPS) is 23.8. The number of carbonyl (C=O) groups is 3. The number of benzene rings is 1. The third-order valence-electron chi connectivity index (χ3n) is 4.48. The zero-order valence-corrected chi connectivity index (χ0v) is 16.0. The van der Waals surface area contributed by atoms with Crippen LogP contribution in [0.2, 0.25) is 0 Å². The van der Waals surface area contributed by atoms with Gasteiger partial charge in [0.15, 0.2) is 0 Å². The Morgan fingerprint density at radius 2 is 1.81 bits per heavy atom. The number of hydrogen-bond acceptors (Lipinski definition) is 8. The fourth-order valence-electron chi connectivity index (χ4n) is 3.12. The summed E-state index contributed by atoms with van der Waals surface area (Å²) >= 11 is 2.11. The summed E-state index contributed by atoms with van der Waals surface area (Å²) in [6.45, 7) is 1.65. The summed E-state index contributed by atoms with van der Waals surface area (Å²) in [7, 11) is 0. The maximum atomic E-state index is 12.6. The van der Waals surface area contributed by atoms with Crippen LogP contribution in [0.3, 0.4) is 0 Å². The number of aldehydes is 1. The molecule has 0 unspecified atom stereocenters. The zero-order valence-electron chi connectivity index (χ0n) is 14.4. The molecule has 8 heteroatoms. The summed E-state index contributed by atoms with van der Waals surface area (Å²) < 4.78 is 8.97. The molecule has 0 saturated carbocycles. The first-order chi connectivity index (χ1) is 12.7. The maximum Gasteiger partial charge on any atom is 0.383 e. The monoisotopic (exact) mass is 394 g/mol. The Balaban J connectivity index is 1.48. The first kappa shape index (κ1) is 19.4. The molecule has 0 spiro atoms. The van der Waals surface area contributed by atoms with E-state index in [0.29, 0.717) is 6.54 Å². The molecule has 2 saturated heterocycles. The molecule has 0 amide bonds. The van der Waals surface area contributed by atoms with Gasteiger partial charge in [0.1, 0.15) is 12.9 Å². The van der Waals surface area contributed by atoms with Gasteiger partial charge in [0, 0.05) is 25.0 Å². The highest BCUT2D eigenvalue weighted by Gasteiger charge is 2.36. The first-order valence-corrected chi connectivity index (χ1v) is 10.3. The van der Waals surface area contributed by atoms with E-state index in [9.17, 15) is 14.4 Å². The van der Waals surface area contributed by atoms with Gasteiger partial charge in [0.2, 0.25) is 5.12 Å². The molecule has 2 aliphatic rings. The van der Waals surface area contributed by atoms with E-state index in [1.54, 1.807) is 0 Å². The third kappa shape index (κ3) is 5.09. The number of carbonyl (C=O) groups excluding carboxylic acids is 3. The highest BCUT2D eigenvalue weighted by Crippen LogP contribution is 2.33. The molecule has 6 nitrogen and oxygen atoms in total. The van der Waals surface area contributed by atoms with Crippen LogP contribution in [0.25, 0.3) is 0 Å². The minimum absolute atomic E-state index is 0.000362. The second-order valence-corrected chi connectivity index (χ2v) is 8.35. The molecule has 0 aliphatic carbocycles. The number of hydrogen-bond donors (Lipinski definition) is 0. The molecule has 1 aromatic rings. The lowest BCUT2D eigenvalue weighted by Gasteiger charge is -2.24. The molecule has 0 N–H and O–H groups in total. The van der Waals surface area contributed by atoms with Crippen LogP contribution >= 0.6 is 23.9 Å². The molecule has 26 heavy (non-hydrogen) atoms. The Labute approximate surface area is 161 Å². The average molecular weight is 395 g/mol. The van der Waals surface area contributed by atoms with Crippen molar-refractivity contribution in [2.24, 2.45) is 0 Å².